The fourth-order valence-electron chi connectivity index (χ4n) is 2.83. The molecule has 0 saturated carbocycles. The molecular weight excluding hydrogens is 400 g/mol. The third kappa shape index (κ3) is 6.26. The molecule has 2 N–H and O–H groups in total. The van der Waals surface area contributed by atoms with Crippen LogP contribution in [0.2, 0.25) is 0 Å². The van der Waals surface area contributed by atoms with Crippen LogP contribution in [0.4, 0.5) is 0 Å². The molecule has 3 rings (SSSR count). The van der Waals surface area contributed by atoms with Gasteiger partial charge in [0.05, 0.1) is 19.2 Å². The van der Waals surface area contributed by atoms with Gasteiger partial charge in [0, 0.05) is 13.1 Å². The lowest BCUT2D eigenvalue weighted by Gasteiger charge is -2.12. The first kappa shape index (κ1) is 21.8. The number of aromatic nitrogens is 4. The number of benzene rings is 2. The number of methoxy groups -OCH3 is 1. The van der Waals surface area contributed by atoms with Crippen LogP contribution in [-0.4, -0.2) is 52.3 Å². The summed E-state index contributed by atoms with van der Waals surface area (Å²) >= 11 is 0. The summed E-state index contributed by atoms with van der Waals surface area (Å²) in [5, 5.41) is 16.6. The Morgan fingerprint density at radius 3 is 2.45 bits per heavy atom. The maximum atomic E-state index is 12.3. The fourth-order valence-corrected chi connectivity index (χ4v) is 2.83. The molecule has 2 aromatic carbocycles. The molecule has 0 aliphatic carbocycles. The average Bonchev–Trinajstić information content (AvgIpc) is 3.32. The van der Waals surface area contributed by atoms with Crippen molar-refractivity contribution in [2.24, 2.45) is 0 Å². The van der Waals surface area contributed by atoms with E-state index in [0.29, 0.717) is 24.6 Å². The number of nitrogens with zero attached hydrogens (tertiary/aromatic N) is 4. The quantitative estimate of drug-likeness (QED) is 0.499. The maximum absolute atomic E-state index is 12.3. The van der Waals surface area contributed by atoms with Crippen molar-refractivity contribution >= 4 is 11.8 Å². The van der Waals surface area contributed by atoms with Gasteiger partial charge in [-0.25, -0.2) is 4.68 Å². The summed E-state index contributed by atoms with van der Waals surface area (Å²) in [7, 11) is 1.52. The molecule has 0 fully saturated rings. The highest BCUT2D eigenvalue weighted by atomic mass is 16.5. The van der Waals surface area contributed by atoms with Crippen molar-refractivity contribution in [3.63, 3.8) is 0 Å². The lowest BCUT2D eigenvalue weighted by Crippen LogP contribution is -2.28. The number of ether oxygens (including phenoxy) is 2. The molecule has 162 valence electrons. The third-order valence-corrected chi connectivity index (χ3v) is 4.37. The molecule has 2 amide bonds. The van der Waals surface area contributed by atoms with Crippen molar-refractivity contribution in [3.8, 4) is 17.2 Å². The Morgan fingerprint density at radius 2 is 1.77 bits per heavy atom. The monoisotopic (exact) mass is 424 g/mol. The number of hydrogen-bond acceptors (Lipinski definition) is 7. The van der Waals surface area contributed by atoms with Gasteiger partial charge in [0.1, 0.15) is 6.33 Å². The Labute approximate surface area is 179 Å². The van der Waals surface area contributed by atoms with Gasteiger partial charge in [-0.15, -0.1) is 5.10 Å². The van der Waals surface area contributed by atoms with Crippen molar-refractivity contribution in [2.45, 2.75) is 19.9 Å². The van der Waals surface area contributed by atoms with Crippen LogP contribution in [0.25, 0.3) is 5.69 Å². The summed E-state index contributed by atoms with van der Waals surface area (Å²) in [5.74, 6) is 0.651. The van der Waals surface area contributed by atoms with E-state index in [9.17, 15) is 9.59 Å². The summed E-state index contributed by atoms with van der Waals surface area (Å²) in [5.41, 5.74) is 2.54. The van der Waals surface area contributed by atoms with E-state index in [1.165, 1.54) is 13.4 Å². The molecule has 0 aliphatic rings. The molecule has 0 radical (unpaired) electrons. The second kappa shape index (κ2) is 10.7. The summed E-state index contributed by atoms with van der Waals surface area (Å²) in [6, 6.07) is 12.7. The highest BCUT2D eigenvalue weighted by Crippen LogP contribution is 2.28. The zero-order valence-electron chi connectivity index (χ0n) is 17.4. The number of nitrogens with one attached hydrogen (secondary N) is 2. The van der Waals surface area contributed by atoms with Gasteiger partial charge in [0.2, 0.25) is 5.91 Å². The van der Waals surface area contributed by atoms with E-state index in [4.69, 9.17) is 9.47 Å². The first-order valence-electron chi connectivity index (χ1n) is 9.74. The van der Waals surface area contributed by atoms with Crippen LogP contribution in [0.1, 0.15) is 18.1 Å². The van der Waals surface area contributed by atoms with E-state index in [2.05, 4.69) is 26.2 Å². The predicted molar refractivity (Wildman–Crippen MR) is 112 cm³/mol. The van der Waals surface area contributed by atoms with Crippen molar-refractivity contribution < 1.29 is 19.1 Å². The molecule has 0 atom stereocenters. The molecule has 0 saturated heterocycles. The van der Waals surface area contributed by atoms with Gasteiger partial charge in [0.15, 0.2) is 18.1 Å². The first-order chi connectivity index (χ1) is 15.1. The number of amides is 2. The minimum atomic E-state index is -0.202. The molecule has 1 aromatic heterocycles. The standard InChI is InChI=1S/C21H24N6O4/c1-3-22-21(29)13-31-18-9-6-16(10-19(18)30-2)12-23-20(28)11-15-4-7-17(8-5-15)27-14-24-25-26-27/h4-10,14H,3,11-13H2,1-2H3,(H,22,29)(H,23,28). The van der Waals surface area contributed by atoms with Crippen molar-refractivity contribution in [2.75, 3.05) is 20.3 Å². The molecular formula is C21H24N6O4. The SMILES string of the molecule is CCNC(=O)COc1ccc(CNC(=O)Cc2ccc(-n3cnnn3)cc2)cc1OC. The van der Waals surface area contributed by atoms with Crippen LogP contribution in [-0.2, 0) is 22.6 Å². The third-order valence-electron chi connectivity index (χ3n) is 4.37. The summed E-state index contributed by atoms with van der Waals surface area (Å²) < 4.78 is 12.4. The maximum Gasteiger partial charge on any atom is 0.257 e. The molecule has 31 heavy (non-hydrogen) atoms. The second-order valence-corrected chi connectivity index (χ2v) is 6.60. The van der Waals surface area contributed by atoms with Crippen molar-refractivity contribution in [3.05, 3.63) is 59.9 Å². The van der Waals surface area contributed by atoms with Crippen LogP contribution in [0, 0.1) is 0 Å². The van der Waals surface area contributed by atoms with Crippen LogP contribution < -0.4 is 20.1 Å². The Bertz CT molecular complexity index is 1010. The number of likely N-dealkylation sites (N-methyl/N-ethyl adjacent to an activating group) is 1. The molecule has 0 spiro atoms. The summed E-state index contributed by atoms with van der Waals surface area (Å²) in [6.07, 6.45) is 1.76. The van der Waals surface area contributed by atoms with Gasteiger partial charge in [-0.3, -0.25) is 9.59 Å². The van der Waals surface area contributed by atoms with Gasteiger partial charge in [0.25, 0.3) is 5.91 Å². The van der Waals surface area contributed by atoms with Crippen molar-refractivity contribution in [1.29, 1.82) is 0 Å². The van der Waals surface area contributed by atoms with Gasteiger partial charge >= 0.3 is 0 Å². The van der Waals surface area contributed by atoms with Gasteiger partial charge < -0.3 is 20.1 Å². The molecule has 3 aromatic rings. The highest BCUT2D eigenvalue weighted by molar-refractivity contribution is 5.78. The molecule has 1 heterocycles. The van der Waals surface area contributed by atoms with E-state index < -0.39 is 0 Å². The second-order valence-electron chi connectivity index (χ2n) is 6.60. The van der Waals surface area contributed by atoms with Crippen LogP contribution in [0.3, 0.4) is 0 Å². The minimum Gasteiger partial charge on any atom is -0.493 e. The van der Waals surface area contributed by atoms with Gasteiger partial charge in [-0.1, -0.05) is 18.2 Å². The predicted octanol–water partition coefficient (Wildman–Crippen LogP) is 1.04. The van der Waals surface area contributed by atoms with Gasteiger partial charge in [-0.05, 0) is 52.7 Å². The number of tetrazole rings is 1. The van der Waals surface area contributed by atoms with Crippen molar-refractivity contribution in [1.82, 2.24) is 30.8 Å². The zero-order chi connectivity index (χ0) is 22.1. The fraction of sp³-hybridized carbons (Fsp3) is 0.286. The highest BCUT2D eigenvalue weighted by Gasteiger charge is 2.10. The Morgan fingerprint density at radius 1 is 1.00 bits per heavy atom. The number of carbonyl (C=O) groups is 2. The average molecular weight is 424 g/mol. The van der Waals surface area contributed by atoms with E-state index in [1.807, 2.05) is 37.3 Å². The van der Waals surface area contributed by atoms with Crippen LogP contribution in [0.5, 0.6) is 11.5 Å². The molecule has 10 nitrogen and oxygen atoms in total. The molecule has 10 heteroatoms. The molecule has 0 unspecified atom stereocenters. The first-order valence-corrected chi connectivity index (χ1v) is 9.74. The van der Waals surface area contributed by atoms with E-state index in [1.54, 1.807) is 16.8 Å². The number of carbonyl (C=O) groups excluding carboxylic acids is 2. The molecule has 0 aliphatic heterocycles. The van der Waals surface area contributed by atoms with Crippen LogP contribution in [0.15, 0.2) is 48.8 Å². The lowest BCUT2D eigenvalue weighted by molar-refractivity contribution is -0.123. The number of hydrogen-bond donors (Lipinski definition) is 2. The Kier molecular flexibility index (Phi) is 7.52. The van der Waals surface area contributed by atoms with E-state index >= 15 is 0 Å². The zero-order valence-corrected chi connectivity index (χ0v) is 17.4. The van der Waals surface area contributed by atoms with E-state index in [-0.39, 0.29) is 24.8 Å². The Balaban J connectivity index is 1.51. The Hall–Kier alpha value is -3.95. The topological polar surface area (TPSA) is 120 Å². The summed E-state index contributed by atoms with van der Waals surface area (Å²) in [6.45, 7) is 2.63. The largest absolute Gasteiger partial charge is 0.493 e. The minimum absolute atomic E-state index is 0.0908. The lowest BCUT2D eigenvalue weighted by atomic mass is 10.1. The van der Waals surface area contributed by atoms with E-state index in [0.717, 1.165) is 16.8 Å². The smallest absolute Gasteiger partial charge is 0.257 e. The normalized spacial score (nSPS) is 10.4. The summed E-state index contributed by atoms with van der Waals surface area (Å²) in [4.78, 5) is 23.9. The van der Waals surface area contributed by atoms with Crippen LogP contribution >= 0.6 is 0 Å². The number of rotatable bonds is 10. The van der Waals surface area contributed by atoms with Gasteiger partial charge in [-0.2, -0.15) is 0 Å². The molecule has 0 bridgehead atoms.